The molecule has 1 aliphatic heterocycles. The number of halogens is 2. The van der Waals surface area contributed by atoms with Crippen LogP contribution >= 0.6 is 23.2 Å². The van der Waals surface area contributed by atoms with Crippen LogP contribution in [0.15, 0.2) is 36.4 Å². The molecule has 1 heterocycles. The van der Waals surface area contributed by atoms with Crippen molar-refractivity contribution in [1.82, 2.24) is 9.80 Å². The zero-order valence-electron chi connectivity index (χ0n) is 17.9. The fourth-order valence-corrected chi connectivity index (χ4v) is 3.85. The van der Waals surface area contributed by atoms with E-state index in [9.17, 15) is 9.59 Å². The summed E-state index contributed by atoms with van der Waals surface area (Å²) >= 11 is 12.0. The third-order valence-electron chi connectivity index (χ3n) is 5.57. The smallest absolute Gasteiger partial charge is 0.238 e. The molecule has 1 saturated heterocycles. The highest BCUT2D eigenvalue weighted by atomic mass is 35.5. The summed E-state index contributed by atoms with van der Waals surface area (Å²) < 4.78 is 0. The number of hydrogen-bond donors (Lipinski definition) is 2. The van der Waals surface area contributed by atoms with E-state index in [1.54, 1.807) is 18.2 Å². The number of carbonyl (C=O) groups excluding carboxylic acids is 2. The van der Waals surface area contributed by atoms with Gasteiger partial charge in [-0.25, -0.2) is 0 Å². The van der Waals surface area contributed by atoms with E-state index in [4.69, 9.17) is 23.2 Å². The highest BCUT2D eigenvalue weighted by Gasteiger charge is 2.20. The summed E-state index contributed by atoms with van der Waals surface area (Å²) in [4.78, 5) is 29.1. The van der Waals surface area contributed by atoms with Crippen molar-refractivity contribution in [2.75, 3.05) is 49.9 Å². The first-order valence-electron chi connectivity index (χ1n) is 10.4. The summed E-state index contributed by atoms with van der Waals surface area (Å²) in [6.45, 7) is 8.31. The Bertz CT molecular complexity index is 943. The largest absolute Gasteiger partial charge is 0.325 e. The number of amides is 2. The second-order valence-electron chi connectivity index (χ2n) is 7.84. The SMILES string of the molecule is Cc1cccc(NC(=O)CN2CCN(CCC(=O)Nc3cc(Cl)ccc3Cl)CC2)c1C. The van der Waals surface area contributed by atoms with E-state index in [-0.39, 0.29) is 11.8 Å². The van der Waals surface area contributed by atoms with Crippen molar-refractivity contribution < 1.29 is 9.59 Å². The number of aryl methyl sites for hydroxylation is 1. The van der Waals surface area contributed by atoms with E-state index < -0.39 is 0 Å². The van der Waals surface area contributed by atoms with Gasteiger partial charge in [0.1, 0.15) is 0 Å². The van der Waals surface area contributed by atoms with Crippen LogP contribution < -0.4 is 10.6 Å². The van der Waals surface area contributed by atoms with Gasteiger partial charge in [-0.3, -0.25) is 14.5 Å². The summed E-state index contributed by atoms with van der Waals surface area (Å²) in [5.41, 5.74) is 3.65. The molecular formula is C23H28Cl2N4O2. The molecule has 0 unspecified atom stereocenters. The molecule has 0 spiro atoms. The standard InChI is InChI=1S/C23H28Cl2N4O2/c1-16-4-3-5-20(17(16)2)26-23(31)15-29-12-10-28(11-13-29)9-8-22(30)27-21-14-18(24)6-7-19(21)25/h3-7,14H,8-13,15H2,1-2H3,(H,26,31)(H,27,30). The molecule has 31 heavy (non-hydrogen) atoms. The average Bonchev–Trinajstić information content (AvgIpc) is 2.73. The first-order chi connectivity index (χ1) is 14.8. The Morgan fingerprint density at radius 1 is 0.903 bits per heavy atom. The second-order valence-corrected chi connectivity index (χ2v) is 8.68. The number of nitrogens with zero attached hydrogens (tertiary/aromatic N) is 2. The number of benzene rings is 2. The summed E-state index contributed by atoms with van der Waals surface area (Å²) in [5.74, 6) is -0.0978. The molecule has 2 N–H and O–H groups in total. The van der Waals surface area contributed by atoms with Gasteiger partial charge < -0.3 is 15.5 Å². The molecule has 2 aromatic rings. The molecule has 0 atom stereocenters. The Hall–Kier alpha value is -2.12. The van der Waals surface area contributed by atoms with Gasteiger partial charge in [0.05, 0.1) is 17.3 Å². The number of rotatable bonds is 7. The van der Waals surface area contributed by atoms with Crippen molar-refractivity contribution in [3.63, 3.8) is 0 Å². The third-order valence-corrected chi connectivity index (χ3v) is 6.13. The van der Waals surface area contributed by atoms with Crippen LogP contribution in [0.3, 0.4) is 0 Å². The topological polar surface area (TPSA) is 64.7 Å². The summed E-state index contributed by atoms with van der Waals surface area (Å²) in [6, 6.07) is 10.9. The minimum Gasteiger partial charge on any atom is -0.325 e. The third kappa shape index (κ3) is 6.94. The first-order valence-corrected chi connectivity index (χ1v) is 11.1. The number of carbonyl (C=O) groups is 2. The second kappa shape index (κ2) is 11.0. The van der Waals surface area contributed by atoms with Crippen LogP contribution in [0.25, 0.3) is 0 Å². The van der Waals surface area contributed by atoms with Crippen LogP contribution in [0.1, 0.15) is 17.5 Å². The molecule has 0 radical (unpaired) electrons. The predicted molar refractivity (Wildman–Crippen MR) is 127 cm³/mol. The van der Waals surface area contributed by atoms with Crippen LogP contribution in [0.4, 0.5) is 11.4 Å². The Labute approximate surface area is 193 Å². The van der Waals surface area contributed by atoms with Crippen molar-refractivity contribution >= 4 is 46.4 Å². The molecule has 166 valence electrons. The number of nitrogens with one attached hydrogen (secondary N) is 2. The van der Waals surface area contributed by atoms with E-state index in [1.165, 1.54) is 0 Å². The van der Waals surface area contributed by atoms with Crippen LogP contribution in [-0.4, -0.2) is 60.9 Å². The molecule has 0 bridgehead atoms. The zero-order chi connectivity index (χ0) is 22.4. The minimum atomic E-state index is -0.0977. The van der Waals surface area contributed by atoms with Gasteiger partial charge >= 0.3 is 0 Å². The molecule has 8 heteroatoms. The van der Waals surface area contributed by atoms with Crippen molar-refractivity contribution in [3.8, 4) is 0 Å². The Morgan fingerprint density at radius 2 is 1.58 bits per heavy atom. The first kappa shape index (κ1) is 23.5. The summed E-state index contributed by atoms with van der Waals surface area (Å²) in [6.07, 6.45) is 0.371. The maximum Gasteiger partial charge on any atom is 0.238 e. The molecule has 0 aromatic heterocycles. The van der Waals surface area contributed by atoms with Crippen molar-refractivity contribution in [3.05, 3.63) is 57.6 Å². The zero-order valence-corrected chi connectivity index (χ0v) is 19.4. The van der Waals surface area contributed by atoms with Crippen LogP contribution in [0.5, 0.6) is 0 Å². The fraction of sp³-hybridized carbons (Fsp3) is 0.391. The molecule has 0 saturated carbocycles. The lowest BCUT2D eigenvalue weighted by atomic mass is 10.1. The fourth-order valence-electron chi connectivity index (χ4n) is 3.52. The quantitative estimate of drug-likeness (QED) is 0.646. The normalized spacial score (nSPS) is 15.0. The molecule has 2 aromatic carbocycles. The predicted octanol–water partition coefficient (Wildman–Crippen LogP) is 4.20. The van der Waals surface area contributed by atoms with Gasteiger partial charge in [-0.1, -0.05) is 35.3 Å². The molecule has 2 amide bonds. The highest BCUT2D eigenvalue weighted by Crippen LogP contribution is 2.25. The Balaban J connectivity index is 1.38. The van der Waals surface area contributed by atoms with E-state index in [2.05, 4.69) is 20.4 Å². The van der Waals surface area contributed by atoms with E-state index in [0.717, 1.165) is 43.0 Å². The molecular weight excluding hydrogens is 435 g/mol. The van der Waals surface area contributed by atoms with Gasteiger partial charge in [-0.2, -0.15) is 0 Å². The van der Waals surface area contributed by atoms with Crippen LogP contribution in [0, 0.1) is 13.8 Å². The monoisotopic (exact) mass is 462 g/mol. The van der Waals surface area contributed by atoms with E-state index in [1.807, 2.05) is 32.0 Å². The van der Waals surface area contributed by atoms with Crippen LogP contribution in [-0.2, 0) is 9.59 Å². The van der Waals surface area contributed by atoms with E-state index >= 15 is 0 Å². The Kier molecular flexibility index (Phi) is 8.32. The molecule has 1 fully saturated rings. The lowest BCUT2D eigenvalue weighted by Gasteiger charge is -2.34. The van der Waals surface area contributed by atoms with Gasteiger partial charge in [0.15, 0.2) is 0 Å². The maximum atomic E-state index is 12.4. The van der Waals surface area contributed by atoms with Crippen molar-refractivity contribution in [2.45, 2.75) is 20.3 Å². The lowest BCUT2D eigenvalue weighted by Crippen LogP contribution is -2.49. The van der Waals surface area contributed by atoms with Gasteiger partial charge in [0, 0.05) is 49.9 Å². The van der Waals surface area contributed by atoms with Gasteiger partial charge in [-0.05, 0) is 49.2 Å². The highest BCUT2D eigenvalue weighted by molar-refractivity contribution is 6.35. The summed E-state index contributed by atoms with van der Waals surface area (Å²) in [7, 11) is 0. The van der Waals surface area contributed by atoms with Gasteiger partial charge in [0.25, 0.3) is 0 Å². The van der Waals surface area contributed by atoms with Gasteiger partial charge in [0.2, 0.25) is 11.8 Å². The van der Waals surface area contributed by atoms with Gasteiger partial charge in [-0.15, -0.1) is 0 Å². The van der Waals surface area contributed by atoms with Crippen molar-refractivity contribution in [2.24, 2.45) is 0 Å². The van der Waals surface area contributed by atoms with E-state index in [0.29, 0.717) is 35.2 Å². The molecule has 3 rings (SSSR count). The number of piperazine rings is 1. The average molecular weight is 463 g/mol. The van der Waals surface area contributed by atoms with Crippen molar-refractivity contribution in [1.29, 1.82) is 0 Å². The number of anilines is 2. The lowest BCUT2D eigenvalue weighted by molar-refractivity contribution is -0.117. The summed E-state index contributed by atoms with van der Waals surface area (Å²) in [5, 5.41) is 6.81. The molecule has 6 nitrogen and oxygen atoms in total. The molecule has 0 aliphatic carbocycles. The number of hydrogen-bond acceptors (Lipinski definition) is 4. The minimum absolute atomic E-state index is 0.0000663. The Morgan fingerprint density at radius 3 is 2.32 bits per heavy atom. The maximum absolute atomic E-state index is 12.4. The molecule has 1 aliphatic rings. The van der Waals surface area contributed by atoms with Crippen LogP contribution in [0.2, 0.25) is 10.0 Å².